The molecular formula is C18H21N5OS2. The SMILES string of the molecule is Cc1nc([C@H](C)NC(=O)N2CCN(c3nsc4ccccc34)CC2)cs1. The highest BCUT2D eigenvalue weighted by atomic mass is 32.1. The molecule has 1 aliphatic heterocycles. The number of thiazole rings is 1. The minimum atomic E-state index is -0.0760. The van der Waals surface area contributed by atoms with Crippen molar-refractivity contribution in [2.24, 2.45) is 0 Å². The molecule has 1 atom stereocenters. The maximum absolute atomic E-state index is 12.6. The van der Waals surface area contributed by atoms with Crippen molar-refractivity contribution >= 4 is 44.8 Å². The lowest BCUT2D eigenvalue weighted by Crippen LogP contribution is -2.52. The first-order valence-electron chi connectivity index (χ1n) is 8.68. The van der Waals surface area contributed by atoms with E-state index >= 15 is 0 Å². The number of urea groups is 1. The molecule has 4 rings (SSSR count). The molecule has 0 spiro atoms. The highest BCUT2D eigenvalue weighted by Gasteiger charge is 2.25. The summed E-state index contributed by atoms with van der Waals surface area (Å²) in [5.41, 5.74) is 0.924. The van der Waals surface area contributed by atoms with Crippen LogP contribution in [0, 0.1) is 6.92 Å². The van der Waals surface area contributed by atoms with Gasteiger partial charge in [-0.1, -0.05) is 12.1 Å². The second kappa shape index (κ2) is 7.20. The number of aromatic nitrogens is 2. The minimum Gasteiger partial charge on any atom is -0.352 e. The van der Waals surface area contributed by atoms with Crippen LogP contribution in [0.1, 0.15) is 23.7 Å². The number of aryl methyl sites for hydroxylation is 1. The third-order valence-electron chi connectivity index (χ3n) is 4.65. The van der Waals surface area contributed by atoms with Gasteiger partial charge >= 0.3 is 6.03 Å². The summed E-state index contributed by atoms with van der Waals surface area (Å²) in [5, 5.41) is 7.28. The van der Waals surface area contributed by atoms with Crippen molar-refractivity contribution in [2.45, 2.75) is 19.9 Å². The molecule has 0 aliphatic carbocycles. The van der Waals surface area contributed by atoms with E-state index < -0.39 is 0 Å². The van der Waals surface area contributed by atoms with Crippen LogP contribution in [0.2, 0.25) is 0 Å². The summed E-state index contributed by atoms with van der Waals surface area (Å²) in [4.78, 5) is 21.2. The van der Waals surface area contributed by atoms with Crippen LogP contribution >= 0.6 is 22.9 Å². The summed E-state index contributed by atoms with van der Waals surface area (Å²) >= 11 is 3.14. The highest BCUT2D eigenvalue weighted by Crippen LogP contribution is 2.29. The van der Waals surface area contributed by atoms with Crippen molar-refractivity contribution in [3.05, 3.63) is 40.3 Å². The van der Waals surface area contributed by atoms with E-state index in [4.69, 9.17) is 0 Å². The summed E-state index contributed by atoms with van der Waals surface area (Å²) in [6.45, 7) is 6.94. The Morgan fingerprint density at radius 2 is 2.00 bits per heavy atom. The Hall–Kier alpha value is -2.19. The highest BCUT2D eigenvalue weighted by molar-refractivity contribution is 7.13. The molecule has 3 aromatic rings. The van der Waals surface area contributed by atoms with Crippen LogP contribution in [0.15, 0.2) is 29.6 Å². The lowest BCUT2D eigenvalue weighted by molar-refractivity contribution is 0.191. The summed E-state index contributed by atoms with van der Waals surface area (Å²) in [5.74, 6) is 1.04. The molecule has 0 unspecified atom stereocenters. The summed E-state index contributed by atoms with van der Waals surface area (Å²) in [6, 6.07) is 8.20. The predicted octanol–water partition coefficient (Wildman–Crippen LogP) is 3.65. The van der Waals surface area contributed by atoms with E-state index in [1.807, 2.05) is 36.3 Å². The Labute approximate surface area is 160 Å². The van der Waals surface area contributed by atoms with Gasteiger partial charge in [0.15, 0.2) is 0 Å². The van der Waals surface area contributed by atoms with Gasteiger partial charge in [-0.25, -0.2) is 9.78 Å². The van der Waals surface area contributed by atoms with Crippen LogP contribution in [0.3, 0.4) is 0 Å². The predicted molar refractivity (Wildman–Crippen MR) is 107 cm³/mol. The van der Waals surface area contributed by atoms with Crippen molar-refractivity contribution in [3.63, 3.8) is 0 Å². The van der Waals surface area contributed by atoms with Gasteiger partial charge in [-0.2, -0.15) is 4.37 Å². The topological polar surface area (TPSA) is 61.4 Å². The van der Waals surface area contributed by atoms with Gasteiger partial charge in [0.2, 0.25) is 0 Å². The largest absolute Gasteiger partial charge is 0.352 e. The molecule has 0 saturated carbocycles. The zero-order valence-corrected chi connectivity index (χ0v) is 16.4. The van der Waals surface area contributed by atoms with E-state index in [2.05, 4.69) is 31.7 Å². The van der Waals surface area contributed by atoms with E-state index in [1.54, 1.807) is 11.3 Å². The number of benzene rings is 1. The van der Waals surface area contributed by atoms with Gasteiger partial charge in [-0.3, -0.25) is 0 Å². The smallest absolute Gasteiger partial charge is 0.318 e. The van der Waals surface area contributed by atoms with Crippen LogP contribution in [-0.2, 0) is 0 Å². The Balaban J connectivity index is 1.36. The average molecular weight is 388 g/mol. The molecule has 2 aromatic heterocycles. The summed E-state index contributed by atoms with van der Waals surface area (Å²) in [6.07, 6.45) is 0. The molecule has 1 aliphatic rings. The summed E-state index contributed by atoms with van der Waals surface area (Å²) in [7, 11) is 0. The number of rotatable bonds is 3. The second-order valence-electron chi connectivity index (χ2n) is 6.44. The summed E-state index contributed by atoms with van der Waals surface area (Å²) < 4.78 is 5.82. The minimum absolute atomic E-state index is 0.0223. The number of piperazine rings is 1. The van der Waals surface area contributed by atoms with Crippen molar-refractivity contribution in [1.82, 2.24) is 19.6 Å². The fourth-order valence-electron chi connectivity index (χ4n) is 3.15. The van der Waals surface area contributed by atoms with Crippen molar-refractivity contribution in [2.75, 3.05) is 31.1 Å². The number of fused-ring (bicyclic) bond motifs is 1. The molecule has 2 amide bonds. The van der Waals surface area contributed by atoms with Crippen LogP contribution in [0.25, 0.3) is 10.1 Å². The fraction of sp³-hybridized carbons (Fsp3) is 0.389. The normalized spacial score (nSPS) is 16.1. The molecule has 1 saturated heterocycles. The van der Waals surface area contributed by atoms with E-state index in [0.717, 1.165) is 29.6 Å². The van der Waals surface area contributed by atoms with E-state index in [1.165, 1.54) is 21.6 Å². The monoisotopic (exact) mass is 387 g/mol. The first-order chi connectivity index (χ1) is 12.6. The van der Waals surface area contributed by atoms with Gasteiger partial charge in [-0.05, 0) is 37.5 Å². The fourth-order valence-corrected chi connectivity index (χ4v) is 4.65. The van der Waals surface area contributed by atoms with Gasteiger partial charge in [0.1, 0.15) is 5.82 Å². The quantitative estimate of drug-likeness (QED) is 0.745. The van der Waals surface area contributed by atoms with Crippen molar-refractivity contribution in [3.8, 4) is 0 Å². The number of anilines is 1. The lowest BCUT2D eigenvalue weighted by atomic mass is 10.2. The Bertz CT molecular complexity index is 913. The Kier molecular flexibility index (Phi) is 4.78. The first-order valence-corrected chi connectivity index (χ1v) is 10.3. The van der Waals surface area contributed by atoms with Gasteiger partial charge in [0, 0.05) is 36.9 Å². The number of nitrogens with zero attached hydrogens (tertiary/aromatic N) is 4. The van der Waals surface area contributed by atoms with Crippen molar-refractivity contribution in [1.29, 1.82) is 0 Å². The molecule has 0 radical (unpaired) electrons. The van der Waals surface area contributed by atoms with Crippen LogP contribution in [0.4, 0.5) is 10.6 Å². The van der Waals surface area contributed by atoms with Gasteiger partial charge in [-0.15, -0.1) is 11.3 Å². The third kappa shape index (κ3) is 3.39. The Morgan fingerprint density at radius 1 is 1.23 bits per heavy atom. The van der Waals surface area contributed by atoms with Crippen LogP contribution in [-0.4, -0.2) is 46.5 Å². The van der Waals surface area contributed by atoms with Gasteiger partial charge in [0.25, 0.3) is 0 Å². The van der Waals surface area contributed by atoms with Crippen molar-refractivity contribution < 1.29 is 4.79 Å². The number of hydrogen-bond acceptors (Lipinski definition) is 6. The van der Waals surface area contributed by atoms with Gasteiger partial charge < -0.3 is 15.1 Å². The second-order valence-corrected chi connectivity index (χ2v) is 8.31. The molecule has 8 heteroatoms. The average Bonchev–Trinajstić information content (AvgIpc) is 3.28. The van der Waals surface area contributed by atoms with E-state index in [-0.39, 0.29) is 12.1 Å². The number of carbonyl (C=O) groups is 1. The molecule has 1 N–H and O–H groups in total. The molecule has 1 aromatic carbocycles. The lowest BCUT2D eigenvalue weighted by Gasteiger charge is -2.35. The molecule has 3 heterocycles. The molecule has 1 fully saturated rings. The molecule has 6 nitrogen and oxygen atoms in total. The third-order valence-corrected chi connectivity index (χ3v) is 6.25. The number of carbonyl (C=O) groups excluding carboxylic acids is 1. The number of nitrogens with one attached hydrogen (secondary N) is 1. The van der Waals surface area contributed by atoms with Gasteiger partial charge in [0.05, 0.1) is 21.4 Å². The maximum Gasteiger partial charge on any atom is 0.318 e. The zero-order valence-electron chi connectivity index (χ0n) is 14.8. The number of amides is 2. The van der Waals surface area contributed by atoms with Crippen LogP contribution in [0.5, 0.6) is 0 Å². The van der Waals surface area contributed by atoms with E-state index in [9.17, 15) is 4.79 Å². The molecule has 0 bridgehead atoms. The zero-order chi connectivity index (χ0) is 18.1. The maximum atomic E-state index is 12.6. The number of hydrogen-bond donors (Lipinski definition) is 1. The van der Waals surface area contributed by atoms with Crippen LogP contribution < -0.4 is 10.2 Å². The first kappa shape index (κ1) is 17.2. The Morgan fingerprint density at radius 3 is 2.73 bits per heavy atom. The van der Waals surface area contributed by atoms with E-state index in [0.29, 0.717) is 13.1 Å². The molecule has 136 valence electrons. The molecular weight excluding hydrogens is 366 g/mol. The molecule has 26 heavy (non-hydrogen) atoms. The standard InChI is InChI=1S/C18H21N5OS2/c1-12(15-11-25-13(2)20-15)19-18(24)23-9-7-22(8-10-23)17-14-5-3-4-6-16(14)26-21-17/h3-6,11-12H,7-10H2,1-2H3,(H,19,24)/t12-/m0/s1.